The molecule has 1 N–H and O–H groups in total. The maximum absolute atomic E-state index is 5.65. The van der Waals surface area contributed by atoms with E-state index in [1.807, 2.05) is 6.07 Å². The van der Waals surface area contributed by atoms with E-state index in [2.05, 4.69) is 65.4 Å². The highest BCUT2D eigenvalue weighted by molar-refractivity contribution is 7.80. The molecule has 0 saturated carbocycles. The van der Waals surface area contributed by atoms with E-state index >= 15 is 0 Å². The highest BCUT2D eigenvalue weighted by Gasteiger charge is 2.20. The van der Waals surface area contributed by atoms with Gasteiger partial charge in [-0.1, -0.05) is 32.0 Å². The maximum atomic E-state index is 5.65. The number of hydrogen-bond donors (Lipinski definition) is 1. The van der Waals surface area contributed by atoms with Crippen molar-refractivity contribution >= 4 is 23.0 Å². The van der Waals surface area contributed by atoms with Crippen LogP contribution in [0.5, 0.6) is 11.5 Å². The normalized spacial score (nSPS) is 17.2. The molecule has 1 fully saturated rings. The quantitative estimate of drug-likeness (QED) is 0.733. The highest BCUT2D eigenvalue weighted by Crippen LogP contribution is 2.32. The summed E-state index contributed by atoms with van der Waals surface area (Å²) in [7, 11) is 0. The van der Waals surface area contributed by atoms with Crippen LogP contribution in [0.2, 0.25) is 0 Å². The summed E-state index contributed by atoms with van der Waals surface area (Å²) in [4.78, 5) is 4.71. The molecule has 1 atom stereocenters. The smallest absolute Gasteiger partial charge is 0.231 e. The Morgan fingerprint density at radius 2 is 1.76 bits per heavy atom. The largest absolute Gasteiger partial charge is 0.454 e. The van der Waals surface area contributed by atoms with Crippen LogP contribution in [0.15, 0.2) is 42.5 Å². The first-order valence-electron chi connectivity index (χ1n) is 10.4. The van der Waals surface area contributed by atoms with Crippen LogP contribution in [-0.2, 0) is 6.54 Å². The minimum Gasteiger partial charge on any atom is -0.454 e. The summed E-state index contributed by atoms with van der Waals surface area (Å²) in [6.45, 7) is 9.56. The fourth-order valence-electron chi connectivity index (χ4n) is 3.74. The second-order valence-corrected chi connectivity index (χ2v) is 8.20. The molecule has 4 rings (SSSR count). The van der Waals surface area contributed by atoms with Crippen molar-refractivity contribution in [3.8, 4) is 11.5 Å². The second kappa shape index (κ2) is 9.01. The molecule has 0 aliphatic carbocycles. The van der Waals surface area contributed by atoms with Crippen LogP contribution in [0.3, 0.4) is 0 Å². The standard InChI is InChI=1S/C23H29N3O2S/c1-3-17(2)19-5-7-20(8-6-19)24-23(29)26-12-10-25(11-13-26)15-18-4-9-21-22(14-18)28-16-27-21/h4-9,14,17H,3,10-13,15-16H2,1-2H3,(H,24,29). The van der Waals surface area contributed by atoms with E-state index in [0.29, 0.717) is 12.7 Å². The molecule has 2 aromatic rings. The topological polar surface area (TPSA) is 37.0 Å². The molecule has 29 heavy (non-hydrogen) atoms. The van der Waals surface area contributed by atoms with Gasteiger partial charge in [-0.25, -0.2) is 0 Å². The van der Waals surface area contributed by atoms with E-state index in [1.165, 1.54) is 11.1 Å². The van der Waals surface area contributed by atoms with Gasteiger partial charge in [0.1, 0.15) is 0 Å². The Morgan fingerprint density at radius 1 is 1.03 bits per heavy atom. The number of rotatable bonds is 5. The van der Waals surface area contributed by atoms with Crippen molar-refractivity contribution in [2.45, 2.75) is 32.7 Å². The van der Waals surface area contributed by atoms with Crippen LogP contribution in [-0.4, -0.2) is 47.9 Å². The molecule has 0 radical (unpaired) electrons. The first kappa shape index (κ1) is 20.0. The van der Waals surface area contributed by atoms with Crippen molar-refractivity contribution in [1.82, 2.24) is 9.80 Å². The second-order valence-electron chi connectivity index (χ2n) is 7.81. The van der Waals surface area contributed by atoms with Crippen molar-refractivity contribution in [2.24, 2.45) is 0 Å². The number of anilines is 1. The van der Waals surface area contributed by atoms with Crippen LogP contribution in [0.4, 0.5) is 5.69 Å². The Bertz CT molecular complexity index is 848. The zero-order valence-corrected chi connectivity index (χ0v) is 18.0. The van der Waals surface area contributed by atoms with E-state index in [9.17, 15) is 0 Å². The number of benzene rings is 2. The Labute approximate surface area is 178 Å². The maximum Gasteiger partial charge on any atom is 0.231 e. The lowest BCUT2D eigenvalue weighted by Gasteiger charge is -2.36. The minimum atomic E-state index is 0.322. The van der Waals surface area contributed by atoms with Gasteiger partial charge >= 0.3 is 0 Å². The molecule has 1 saturated heterocycles. The van der Waals surface area contributed by atoms with Gasteiger partial charge in [-0.05, 0) is 59.9 Å². The van der Waals surface area contributed by atoms with E-state index in [-0.39, 0.29) is 0 Å². The van der Waals surface area contributed by atoms with Gasteiger partial charge in [0.05, 0.1) is 0 Å². The van der Waals surface area contributed by atoms with Crippen LogP contribution < -0.4 is 14.8 Å². The Hall–Kier alpha value is -2.31. The lowest BCUT2D eigenvalue weighted by atomic mass is 9.99. The van der Waals surface area contributed by atoms with Gasteiger partial charge in [-0.3, -0.25) is 4.90 Å². The molecule has 0 spiro atoms. The molecule has 2 aliphatic heterocycles. The summed E-state index contributed by atoms with van der Waals surface area (Å²) in [5, 5.41) is 4.21. The van der Waals surface area contributed by atoms with Crippen LogP contribution in [0.1, 0.15) is 37.3 Å². The third-order valence-corrected chi connectivity index (χ3v) is 6.21. The third-order valence-electron chi connectivity index (χ3n) is 5.85. The summed E-state index contributed by atoms with van der Waals surface area (Å²) in [6, 6.07) is 14.9. The first-order valence-corrected chi connectivity index (χ1v) is 10.8. The number of nitrogens with one attached hydrogen (secondary N) is 1. The lowest BCUT2D eigenvalue weighted by molar-refractivity contribution is 0.173. The molecule has 154 valence electrons. The van der Waals surface area contributed by atoms with Crippen molar-refractivity contribution in [3.63, 3.8) is 0 Å². The number of hydrogen-bond acceptors (Lipinski definition) is 4. The van der Waals surface area contributed by atoms with Gasteiger partial charge in [0, 0.05) is 38.4 Å². The molecule has 0 amide bonds. The average Bonchev–Trinajstić information content (AvgIpc) is 3.22. The minimum absolute atomic E-state index is 0.322. The summed E-state index contributed by atoms with van der Waals surface area (Å²) in [6.07, 6.45) is 1.15. The molecule has 1 unspecified atom stereocenters. The molecule has 2 heterocycles. The molecule has 0 bridgehead atoms. The highest BCUT2D eigenvalue weighted by atomic mass is 32.1. The molecule has 2 aliphatic rings. The fraction of sp³-hybridized carbons (Fsp3) is 0.435. The summed E-state index contributed by atoms with van der Waals surface area (Å²) in [5.74, 6) is 2.28. The van der Waals surface area contributed by atoms with Gasteiger partial charge in [0.25, 0.3) is 0 Å². The van der Waals surface area contributed by atoms with Gasteiger partial charge < -0.3 is 19.7 Å². The molecule has 5 nitrogen and oxygen atoms in total. The van der Waals surface area contributed by atoms with Crippen LogP contribution in [0, 0.1) is 0 Å². The van der Waals surface area contributed by atoms with Gasteiger partial charge in [-0.2, -0.15) is 0 Å². The molecular weight excluding hydrogens is 382 g/mol. The van der Waals surface area contributed by atoms with E-state index in [0.717, 1.165) is 61.4 Å². The average molecular weight is 412 g/mol. The zero-order chi connectivity index (χ0) is 20.2. The van der Waals surface area contributed by atoms with Gasteiger partial charge in [0.2, 0.25) is 6.79 Å². The van der Waals surface area contributed by atoms with Crippen molar-refractivity contribution in [3.05, 3.63) is 53.6 Å². The first-order chi connectivity index (χ1) is 14.1. The number of fused-ring (bicyclic) bond motifs is 1. The molecule has 0 aromatic heterocycles. The number of thiocarbonyl (C=S) groups is 1. The van der Waals surface area contributed by atoms with Crippen LogP contribution in [0.25, 0.3) is 0 Å². The SMILES string of the molecule is CCC(C)c1ccc(NC(=S)N2CCN(Cc3ccc4c(c3)OCO4)CC2)cc1. The van der Waals surface area contributed by atoms with E-state index < -0.39 is 0 Å². The van der Waals surface area contributed by atoms with Gasteiger partial charge in [0.15, 0.2) is 16.6 Å². The number of nitrogens with zero attached hydrogens (tertiary/aromatic N) is 2. The summed E-state index contributed by atoms with van der Waals surface area (Å²) >= 11 is 5.65. The number of piperazine rings is 1. The predicted octanol–water partition coefficient (Wildman–Crippen LogP) is 4.44. The van der Waals surface area contributed by atoms with E-state index in [4.69, 9.17) is 21.7 Å². The van der Waals surface area contributed by atoms with Crippen molar-refractivity contribution in [1.29, 1.82) is 0 Å². The molecule has 6 heteroatoms. The molecular formula is C23H29N3O2S. The third kappa shape index (κ3) is 4.82. The lowest BCUT2D eigenvalue weighted by Crippen LogP contribution is -2.49. The van der Waals surface area contributed by atoms with Crippen molar-refractivity contribution in [2.75, 3.05) is 38.3 Å². The van der Waals surface area contributed by atoms with Crippen LogP contribution >= 0.6 is 12.2 Å². The molecule has 2 aromatic carbocycles. The monoisotopic (exact) mass is 411 g/mol. The fourth-order valence-corrected chi connectivity index (χ4v) is 4.04. The zero-order valence-electron chi connectivity index (χ0n) is 17.2. The predicted molar refractivity (Wildman–Crippen MR) is 121 cm³/mol. The Balaban J connectivity index is 1.26. The summed E-state index contributed by atoms with van der Waals surface area (Å²) < 4.78 is 10.9. The number of ether oxygens (including phenoxy) is 2. The van der Waals surface area contributed by atoms with Crippen molar-refractivity contribution < 1.29 is 9.47 Å². The Kier molecular flexibility index (Phi) is 6.21. The Morgan fingerprint density at radius 3 is 2.48 bits per heavy atom. The van der Waals surface area contributed by atoms with Gasteiger partial charge in [-0.15, -0.1) is 0 Å². The van der Waals surface area contributed by atoms with E-state index in [1.54, 1.807) is 0 Å². The summed E-state index contributed by atoms with van der Waals surface area (Å²) in [5.41, 5.74) is 3.69.